The maximum Gasteiger partial charge on any atom is 0.0600 e. The van der Waals surface area contributed by atoms with Crippen molar-refractivity contribution in [2.45, 2.75) is 37.4 Å². The van der Waals surface area contributed by atoms with E-state index in [1.807, 2.05) is 0 Å². The molecule has 0 radical (unpaired) electrons. The fraction of sp³-hybridized carbons (Fsp3) is 0.429. The van der Waals surface area contributed by atoms with Gasteiger partial charge < -0.3 is 5.32 Å². The quantitative estimate of drug-likeness (QED) is 0.923. The van der Waals surface area contributed by atoms with Crippen molar-refractivity contribution >= 4 is 0 Å². The standard InChI is InChI=1S/C21H26N2/c1-22-20-15-16-12-13-23(20)19(14-16)21(17-8-4-2-5-9-17)18-10-6-3-7-11-18/h2-11,16,19-22H,12-15H2,1H3. The molecule has 3 fully saturated rings. The molecule has 0 amide bonds. The van der Waals surface area contributed by atoms with Gasteiger partial charge in [-0.2, -0.15) is 0 Å². The molecule has 5 rings (SSSR count). The van der Waals surface area contributed by atoms with Crippen molar-refractivity contribution in [2.24, 2.45) is 5.92 Å². The van der Waals surface area contributed by atoms with Crippen LogP contribution >= 0.6 is 0 Å². The van der Waals surface area contributed by atoms with Crippen molar-refractivity contribution in [3.05, 3.63) is 71.8 Å². The lowest BCUT2D eigenvalue weighted by molar-refractivity contribution is -0.0211. The highest BCUT2D eigenvalue weighted by Gasteiger charge is 2.43. The number of hydrogen-bond donors (Lipinski definition) is 1. The molecule has 2 nitrogen and oxygen atoms in total. The number of fused-ring (bicyclic) bond motifs is 3. The lowest BCUT2D eigenvalue weighted by atomic mass is 9.73. The van der Waals surface area contributed by atoms with Crippen molar-refractivity contribution < 1.29 is 0 Å². The zero-order valence-corrected chi connectivity index (χ0v) is 13.9. The van der Waals surface area contributed by atoms with Crippen LogP contribution in [0.2, 0.25) is 0 Å². The summed E-state index contributed by atoms with van der Waals surface area (Å²) in [5.41, 5.74) is 2.90. The van der Waals surface area contributed by atoms with Gasteiger partial charge in [-0.25, -0.2) is 0 Å². The molecule has 1 N–H and O–H groups in total. The molecular weight excluding hydrogens is 280 g/mol. The maximum absolute atomic E-state index is 3.55. The fourth-order valence-electron chi connectivity index (χ4n) is 4.71. The summed E-state index contributed by atoms with van der Waals surface area (Å²) in [6, 6.07) is 22.8. The van der Waals surface area contributed by atoms with Crippen LogP contribution < -0.4 is 5.32 Å². The summed E-state index contributed by atoms with van der Waals surface area (Å²) in [5, 5.41) is 3.55. The number of nitrogens with zero attached hydrogens (tertiary/aromatic N) is 1. The second kappa shape index (κ2) is 6.46. The predicted molar refractivity (Wildman–Crippen MR) is 95.4 cm³/mol. The summed E-state index contributed by atoms with van der Waals surface area (Å²) >= 11 is 0. The summed E-state index contributed by atoms with van der Waals surface area (Å²) < 4.78 is 0. The van der Waals surface area contributed by atoms with Gasteiger partial charge in [-0.15, -0.1) is 0 Å². The third kappa shape index (κ3) is 2.82. The van der Waals surface area contributed by atoms with Gasteiger partial charge in [-0.05, 0) is 43.4 Å². The third-order valence-electron chi connectivity index (χ3n) is 5.79. The summed E-state index contributed by atoms with van der Waals surface area (Å²) in [6.45, 7) is 1.23. The van der Waals surface area contributed by atoms with Crippen molar-refractivity contribution in [1.82, 2.24) is 10.2 Å². The molecule has 4 unspecified atom stereocenters. The van der Waals surface area contributed by atoms with Crippen LogP contribution in [0.25, 0.3) is 0 Å². The van der Waals surface area contributed by atoms with Gasteiger partial charge in [0, 0.05) is 18.5 Å². The Kier molecular flexibility index (Phi) is 4.19. The zero-order valence-electron chi connectivity index (χ0n) is 13.9. The van der Waals surface area contributed by atoms with Gasteiger partial charge in [-0.3, -0.25) is 4.90 Å². The molecular formula is C21H26N2. The molecule has 3 heterocycles. The van der Waals surface area contributed by atoms with Gasteiger partial charge in [0.15, 0.2) is 0 Å². The van der Waals surface area contributed by atoms with Crippen LogP contribution in [-0.4, -0.2) is 30.7 Å². The lowest BCUT2D eigenvalue weighted by Crippen LogP contribution is -2.60. The molecule has 0 aliphatic carbocycles. The van der Waals surface area contributed by atoms with Crippen LogP contribution in [-0.2, 0) is 0 Å². The minimum Gasteiger partial charge on any atom is -0.305 e. The number of rotatable bonds is 4. The molecule has 3 aliphatic rings. The van der Waals surface area contributed by atoms with E-state index in [1.54, 1.807) is 0 Å². The SMILES string of the molecule is CNC1CC2CCN1C(C(c1ccccc1)c1ccccc1)C2. The number of nitrogens with one attached hydrogen (secondary N) is 1. The van der Waals surface area contributed by atoms with Crippen LogP contribution in [0.15, 0.2) is 60.7 Å². The molecule has 23 heavy (non-hydrogen) atoms. The van der Waals surface area contributed by atoms with E-state index in [1.165, 1.54) is 36.9 Å². The normalized spacial score (nSPS) is 29.8. The highest BCUT2D eigenvalue weighted by atomic mass is 15.3. The topological polar surface area (TPSA) is 15.3 Å². The maximum atomic E-state index is 3.55. The van der Waals surface area contributed by atoms with E-state index in [-0.39, 0.29) is 0 Å². The molecule has 4 atom stereocenters. The Morgan fingerprint density at radius 1 is 0.913 bits per heavy atom. The van der Waals surface area contributed by atoms with Crippen molar-refractivity contribution in [2.75, 3.05) is 13.6 Å². The molecule has 2 aromatic rings. The van der Waals surface area contributed by atoms with Gasteiger partial charge in [0.25, 0.3) is 0 Å². The Morgan fingerprint density at radius 3 is 2.04 bits per heavy atom. The van der Waals surface area contributed by atoms with Crippen LogP contribution in [0, 0.1) is 5.92 Å². The fourth-order valence-corrected chi connectivity index (χ4v) is 4.71. The smallest absolute Gasteiger partial charge is 0.0600 e. The number of hydrogen-bond acceptors (Lipinski definition) is 2. The van der Waals surface area contributed by atoms with E-state index >= 15 is 0 Å². The van der Waals surface area contributed by atoms with Gasteiger partial charge >= 0.3 is 0 Å². The largest absolute Gasteiger partial charge is 0.305 e. The van der Waals surface area contributed by atoms with E-state index in [0.29, 0.717) is 18.1 Å². The summed E-state index contributed by atoms with van der Waals surface area (Å²) in [4.78, 5) is 2.73. The number of piperidine rings is 3. The monoisotopic (exact) mass is 306 g/mol. The first-order valence-corrected chi connectivity index (χ1v) is 8.89. The second-order valence-electron chi connectivity index (χ2n) is 7.03. The van der Waals surface area contributed by atoms with E-state index < -0.39 is 0 Å². The third-order valence-corrected chi connectivity index (χ3v) is 5.79. The highest BCUT2D eigenvalue weighted by Crippen LogP contribution is 2.43. The highest BCUT2D eigenvalue weighted by molar-refractivity contribution is 5.35. The van der Waals surface area contributed by atoms with E-state index in [4.69, 9.17) is 0 Å². The average Bonchev–Trinajstić information content (AvgIpc) is 2.64. The Labute approximate surface area is 139 Å². The van der Waals surface area contributed by atoms with Gasteiger partial charge in [0.1, 0.15) is 0 Å². The van der Waals surface area contributed by atoms with Gasteiger partial charge in [-0.1, -0.05) is 60.7 Å². The first-order valence-electron chi connectivity index (χ1n) is 8.89. The summed E-state index contributed by atoms with van der Waals surface area (Å²) in [7, 11) is 2.11. The van der Waals surface area contributed by atoms with Crippen molar-refractivity contribution in [3.63, 3.8) is 0 Å². The zero-order chi connectivity index (χ0) is 15.6. The molecule has 3 saturated heterocycles. The summed E-state index contributed by atoms with van der Waals surface area (Å²) in [6.07, 6.45) is 4.54. The van der Waals surface area contributed by atoms with Crippen LogP contribution in [0.1, 0.15) is 36.3 Å². The Hall–Kier alpha value is -1.64. The second-order valence-corrected chi connectivity index (χ2v) is 7.03. The molecule has 3 aliphatic heterocycles. The van der Waals surface area contributed by atoms with Crippen LogP contribution in [0.5, 0.6) is 0 Å². The molecule has 2 aromatic carbocycles. The lowest BCUT2D eigenvalue weighted by Gasteiger charge is -2.53. The van der Waals surface area contributed by atoms with E-state index in [0.717, 1.165) is 5.92 Å². The first kappa shape index (κ1) is 14.9. The Morgan fingerprint density at radius 2 is 1.52 bits per heavy atom. The summed E-state index contributed by atoms with van der Waals surface area (Å²) in [5.74, 6) is 1.34. The Balaban J connectivity index is 1.74. The molecule has 2 bridgehead atoms. The first-order chi connectivity index (χ1) is 11.4. The minimum absolute atomic E-state index is 0.469. The average molecular weight is 306 g/mol. The number of benzene rings is 2. The Bertz CT molecular complexity index is 585. The van der Waals surface area contributed by atoms with Crippen LogP contribution in [0.3, 0.4) is 0 Å². The van der Waals surface area contributed by atoms with Gasteiger partial charge in [0.05, 0.1) is 6.17 Å². The molecule has 120 valence electrons. The minimum atomic E-state index is 0.469. The van der Waals surface area contributed by atoms with Crippen LogP contribution in [0.4, 0.5) is 0 Å². The van der Waals surface area contributed by atoms with E-state index in [2.05, 4.69) is 77.9 Å². The molecule has 0 aromatic heterocycles. The van der Waals surface area contributed by atoms with E-state index in [9.17, 15) is 0 Å². The van der Waals surface area contributed by atoms with Gasteiger partial charge in [0.2, 0.25) is 0 Å². The predicted octanol–water partition coefficient (Wildman–Crippen LogP) is 3.85. The molecule has 2 heteroatoms. The molecule has 0 spiro atoms. The molecule has 0 saturated carbocycles. The van der Waals surface area contributed by atoms with Crippen molar-refractivity contribution in [1.29, 1.82) is 0 Å². The van der Waals surface area contributed by atoms with Crippen molar-refractivity contribution in [3.8, 4) is 0 Å².